The molecule has 2 amide bonds. The number of thiophene rings is 1. The van der Waals surface area contributed by atoms with Gasteiger partial charge in [0.15, 0.2) is 11.0 Å². The molecule has 0 aliphatic rings. The summed E-state index contributed by atoms with van der Waals surface area (Å²) in [6, 6.07) is 3.95. The molecule has 2 aromatic heterocycles. The summed E-state index contributed by atoms with van der Waals surface area (Å²) in [4.78, 5) is 28.6. The zero-order valence-electron chi connectivity index (χ0n) is 14.9. The highest BCUT2D eigenvalue weighted by molar-refractivity contribution is 7.99. The molecule has 2 rings (SSSR count). The van der Waals surface area contributed by atoms with Crippen LogP contribution in [0.1, 0.15) is 13.8 Å². The maximum Gasteiger partial charge on any atom is 0.242 e. The van der Waals surface area contributed by atoms with Gasteiger partial charge in [-0.25, -0.2) is 0 Å². The van der Waals surface area contributed by atoms with Crippen LogP contribution in [0.4, 0.5) is 0 Å². The standard InChI is InChI=1S/C16H23N5O2S2/c1-5-21(6-2)13(22)10-19(3)14(23)11-25-16-18-17-15(20(16)4)12-8-7-9-24-12/h7-9H,5-6,10-11H2,1-4H3. The molecule has 0 atom stereocenters. The van der Waals surface area contributed by atoms with E-state index in [2.05, 4.69) is 10.2 Å². The maximum atomic E-state index is 12.3. The zero-order valence-corrected chi connectivity index (χ0v) is 16.6. The Kier molecular flexibility index (Phi) is 7.01. The smallest absolute Gasteiger partial charge is 0.242 e. The summed E-state index contributed by atoms with van der Waals surface area (Å²) in [6.07, 6.45) is 0. The van der Waals surface area contributed by atoms with E-state index in [1.54, 1.807) is 23.3 Å². The van der Waals surface area contributed by atoms with E-state index in [1.807, 2.05) is 43.0 Å². The zero-order chi connectivity index (χ0) is 18.4. The normalized spacial score (nSPS) is 10.7. The van der Waals surface area contributed by atoms with Crippen LogP contribution in [0.3, 0.4) is 0 Å². The van der Waals surface area contributed by atoms with E-state index in [9.17, 15) is 9.59 Å². The van der Waals surface area contributed by atoms with Crippen LogP contribution in [-0.2, 0) is 16.6 Å². The van der Waals surface area contributed by atoms with Crippen LogP contribution in [0.15, 0.2) is 22.7 Å². The molecule has 0 N–H and O–H groups in total. The summed E-state index contributed by atoms with van der Waals surface area (Å²) >= 11 is 2.92. The van der Waals surface area contributed by atoms with Gasteiger partial charge in [-0.15, -0.1) is 21.5 Å². The molecule has 0 aliphatic carbocycles. The number of hydrogen-bond acceptors (Lipinski definition) is 6. The summed E-state index contributed by atoms with van der Waals surface area (Å²) in [6.45, 7) is 5.25. The van der Waals surface area contributed by atoms with Gasteiger partial charge in [0.1, 0.15) is 0 Å². The first-order valence-electron chi connectivity index (χ1n) is 8.05. The molecule has 0 aliphatic heterocycles. The lowest BCUT2D eigenvalue weighted by Gasteiger charge is -2.23. The minimum Gasteiger partial charge on any atom is -0.342 e. The van der Waals surface area contributed by atoms with E-state index in [0.717, 1.165) is 10.7 Å². The van der Waals surface area contributed by atoms with Gasteiger partial charge in [-0.2, -0.15) is 0 Å². The molecule has 0 aromatic carbocycles. The third kappa shape index (κ3) is 4.82. The van der Waals surface area contributed by atoms with Crippen molar-refractivity contribution in [2.24, 2.45) is 7.05 Å². The van der Waals surface area contributed by atoms with Gasteiger partial charge in [0, 0.05) is 27.2 Å². The van der Waals surface area contributed by atoms with Crippen molar-refractivity contribution in [3.05, 3.63) is 17.5 Å². The second-order valence-corrected chi connectivity index (χ2v) is 7.34. The minimum absolute atomic E-state index is 0.0375. The van der Waals surface area contributed by atoms with Crippen molar-refractivity contribution in [3.63, 3.8) is 0 Å². The van der Waals surface area contributed by atoms with Crippen molar-refractivity contribution in [1.82, 2.24) is 24.6 Å². The molecular formula is C16H23N5O2S2. The van der Waals surface area contributed by atoms with Crippen LogP contribution in [0.2, 0.25) is 0 Å². The first kappa shape index (κ1) is 19.5. The molecule has 2 heterocycles. The van der Waals surface area contributed by atoms with E-state index in [1.165, 1.54) is 16.7 Å². The molecule has 0 saturated carbocycles. The fourth-order valence-electron chi connectivity index (χ4n) is 2.26. The fraction of sp³-hybridized carbons (Fsp3) is 0.500. The van der Waals surface area contributed by atoms with Crippen molar-refractivity contribution in [2.75, 3.05) is 32.4 Å². The number of carbonyl (C=O) groups excluding carboxylic acids is 2. The molecule has 0 bridgehead atoms. The van der Waals surface area contributed by atoms with E-state index >= 15 is 0 Å². The largest absolute Gasteiger partial charge is 0.342 e. The Hall–Kier alpha value is -1.87. The first-order chi connectivity index (χ1) is 12.0. The Morgan fingerprint density at radius 2 is 1.96 bits per heavy atom. The molecule has 0 unspecified atom stereocenters. The highest BCUT2D eigenvalue weighted by Crippen LogP contribution is 2.26. The predicted molar refractivity (Wildman–Crippen MR) is 101 cm³/mol. The monoisotopic (exact) mass is 381 g/mol. The Morgan fingerprint density at radius 3 is 2.56 bits per heavy atom. The second-order valence-electron chi connectivity index (χ2n) is 5.45. The average molecular weight is 382 g/mol. The molecule has 0 fully saturated rings. The number of hydrogen-bond donors (Lipinski definition) is 0. The molecule has 25 heavy (non-hydrogen) atoms. The number of thioether (sulfide) groups is 1. The summed E-state index contributed by atoms with van der Waals surface area (Å²) in [5.74, 6) is 0.865. The Labute approximate surface area is 156 Å². The summed E-state index contributed by atoms with van der Waals surface area (Å²) < 4.78 is 1.88. The number of carbonyl (C=O) groups is 2. The molecule has 0 saturated heterocycles. The van der Waals surface area contributed by atoms with Gasteiger partial charge in [-0.1, -0.05) is 17.8 Å². The summed E-state index contributed by atoms with van der Waals surface area (Å²) in [5.41, 5.74) is 0. The summed E-state index contributed by atoms with van der Waals surface area (Å²) in [5, 5.41) is 11.0. The molecule has 0 spiro atoms. The van der Waals surface area contributed by atoms with E-state index in [0.29, 0.717) is 18.2 Å². The Balaban J connectivity index is 1.91. The number of likely N-dealkylation sites (N-methyl/N-ethyl adjacent to an activating group) is 2. The van der Waals surface area contributed by atoms with Crippen molar-refractivity contribution < 1.29 is 9.59 Å². The molecule has 9 heteroatoms. The highest BCUT2D eigenvalue weighted by Gasteiger charge is 2.18. The second kappa shape index (κ2) is 9.00. The average Bonchev–Trinajstić information content (AvgIpc) is 3.23. The fourth-order valence-corrected chi connectivity index (χ4v) is 3.86. The quantitative estimate of drug-likeness (QED) is 0.654. The van der Waals surface area contributed by atoms with E-state index < -0.39 is 0 Å². The lowest BCUT2D eigenvalue weighted by Crippen LogP contribution is -2.41. The van der Waals surface area contributed by atoms with Gasteiger partial charge < -0.3 is 14.4 Å². The van der Waals surface area contributed by atoms with Crippen molar-refractivity contribution in [3.8, 4) is 10.7 Å². The molecule has 0 radical (unpaired) electrons. The Morgan fingerprint density at radius 1 is 1.24 bits per heavy atom. The highest BCUT2D eigenvalue weighted by atomic mass is 32.2. The lowest BCUT2D eigenvalue weighted by atomic mass is 10.4. The van der Waals surface area contributed by atoms with Crippen LogP contribution in [0.5, 0.6) is 0 Å². The molecule has 136 valence electrons. The van der Waals surface area contributed by atoms with Gasteiger partial charge in [0.2, 0.25) is 11.8 Å². The summed E-state index contributed by atoms with van der Waals surface area (Å²) in [7, 11) is 3.54. The van der Waals surface area contributed by atoms with Gasteiger partial charge in [0.25, 0.3) is 0 Å². The van der Waals surface area contributed by atoms with Crippen molar-refractivity contribution in [1.29, 1.82) is 0 Å². The minimum atomic E-state index is -0.105. The maximum absolute atomic E-state index is 12.3. The van der Waals surface area contributed by atoms with Gasteiger partial charge >= 0.3 is 0 Å². The Bertz CT molecular complexity index is 710. The van der Waals surface area contributed by atoms with Crippen LogP contribution in [0, 0.1) is 0 Å². The van der Waals surface area contributed by atoms with Gasteiger partial charge in [0.05, 0.1) is 17.2 Å². The number of nitrogens with zero attached hydrogens (tertiary/aromatic N) is 5. The van der Waals surface area contributed by atoms with E-state index in [4.69, 9.17) is 0 Å². The molecular weight excluding hydrogens is 358 g/mol. The van der Waals surface area contributed by atoms with Crippen molar-refractivity contribution in [2.45, 2.75) is 19.0 Å². The number of amides is 2. The predicted octanol–water partition coefficient (Wildman–Crippen LogP) is 1.96. The third-order valence-electron chi connectivity index (χ3n) is 3.82. The third-order valence-corrected chi connectivity index (χ3v) is 5.69. The van der Waals surface area contributed by atoms with Crippen molar-refractivity contribution >= 4 is 34.9 Å². The van der Waals surface area contributed by atoms with Crippen LogP contribution >= 0.6 is 23.1 Å². The topological polar surface area (TPSA) is 71.3 Å². The van der Waals surface area contributed by atoms with Crippen LogP contribution in [-0.4, -0.2) is 68.8 Å². The van der Waals surface area contributed by atoms with E-state index in [-0.39, 0.29) is 24.1 Å². The van der Waals surface area contributed by atoms with Crippen LogP contribution in [0.25, 0.3) is 10.7 Å². The number of aromatic nitrogens is 3. The lowest BCUT2D eigenvalue weighted by molar-refractivity contribution is -0.137. The van der Waals surface area contributed by atoms with Gasteiger partial charge in [-0.3, -0.25) is 9.59 Å². The van der Waals surface area contributed by atoms with Gasteiger partial charge in [-0.05, 0) is 25.3 Å². The SMILES string of the molecule is CCN(CC)C(=O)CN(C)C(=O)CSc1nnc(-c2cccs2)n1C. The molecule has 2 aromatic rings. The first-order valence-corrected chi connectivity index (χ1v) is 9.92. The number of rotatable bonds is 8. The van der Waals surface area contributed by atoms with Crippen LogP contribution < -0.4 is 0 Å². The molecule has 7 nitrogen and oxygen atoms in total.